The van der Waals surface area contributed by atoms with Gasteiger partial charge < -0.3 is 25.3 Å². The summed E-state index contributed by atoms with van der Waals surface area (Å²) in [6, 6.07) is 4.91. The van der Waals surface area contributed by atoms with Gasteiger partial charge in [-0.1, -0.05) is 6.07 Å². The molecule has 0 heterocycles. The Balaban J connectivity index is 0.00000576. The van der Waals surface area contributed by atoms with Crippen molar-refractivity contribution in [2.45, 2.75) is 26.4 Å². The second-order valence-corrected chi connectivity index (χ2v) is 4.86. The number of guanidine groups is 1. The quantitative estimate of drug-likeness (QED) is 0.224. The largest absolute Gasteiger partial charge is 0.493 e. The molecule has 0 fully saturated rings. The van der Waals surface area contributed by atoms with Crippen LogP contribution in [-0.4, -0.2) is 46.0 Å². The third-order valence-electron chi connectivity index (χ3n) is 3.10. The number of ether oxygens (including phenoxy) is 3. The number of alkyl halides is 2. The van der Waals surface area contributed by atoms with Gasteiger partial charge in [-0.3, -0.25) is 4.99 Å². The molecule has 0 saturated carbocycles. The zero-order valence-electron chi connectivity index (χ0n) is 14.5. The molecular formula is C16H26F2IN3O3. The van der Waals surface area contributed by atoms with E-state index in [-0.39, 0.29) is 35.5 Å². The summed E-state index contributed by atoms with van der Waals surface area (Å²) in [5.74, 6) is 0.633. The number of aliphatic imine (C=N–C) groups is 1. The van der Waals surface area contributed by atoms with E-state index in [9.17, 15) is 8.78 Å². The Labute approximate surface area is 164 Å². The highest BCUT2D eigenvalue weighted by Gasteiger charge is 2.11. The van der Waals surface area contributed by atoms with E-state index in [1.165, 1.54) is 13.2 Å². The molecule has 0 atom stereocenters. The molecule has 9 heteroatoms. The van der Waals surface area contributed by atoms with Crippen molar-refractivity contribution in [3.63, 3.8) is 0 Å². The Morgan fingerprint density at radius 1 is 1.32 bits per heavy atom. The summed E-state index contributed by atoms with van der Waals surface area (Å²) in [4.78, 5) is 4.17. The van der Waals surface area contributed by atoms with Gasteiger partial charge in [0.25, 0.3) is 0 Å². The van der Waals surface area contributed by atoms with Gasteiger partial charge in [-0.15, -0.1) is 24.0 Å². The molecule has 3 N–H and O–H groups in total. The summed E-state index contributed by atoms with van der Waals surface area (Å²) >= 11 is 0. The molecule has 6 nitrogen and oxygen atoms in total. The van der Waals surface area contributed by atoms with E-state index >= 15 is 0 Å². The topological polar surface area (TPSA) is 78.1 Å². The van der Waals surface area contributed by atoms with Gasteiger partial charge >= 0.3 is 6.61 Å². The predicted molar refractivity (Wildman–Crippen MR) is 104 cm³/mol. The minimum atomic E-state index is -2.90. The molecule has 1 aromatic rings. The highest BCUT2D eigenvalue weighted by molar-refractivity contribution is 14.0. The minimum Gasteiger partial charge on any atom is -0.493 e. The average Bonchev–Trinajstić information content (AvgIpc) is 2.54. The van der Waals surface area contributed by atoms with Gasteiger partial charge in [-0.25, -0.2) is 0 Å². The van der Waals surface area contributed by atoms with Crippen molar-refractivity contribution >= 4 is 29.9 Å². The van der Waals surface area contributed by atoms with Crippen molar-refractivity contribution in [2.75, 3.05) is 33.4 Å². The van der Waals surface area contributed by atoms with Crippen molar-refractivity contribution in [3.8, 4) is 11.5 Å². The fourth-order valence-corrected chi connectivity index (χ4v) is 1.97. The zero-order valence-corrected chi connectivity index (χ0v) is 16.8. The van der Waals surface area contributed by atoms with E-state index in [0.717, 1.165) is 12.0 Å². The molecule has 0 saturated heterocycles. The minimum absolute atomic E-state index is 0. The lowest BCUT2D eigenvalue weighted by Crippen LogP contribution is -2.33. The molecule has 144 valence electrons. The number of methoxy groups -OCH3 is 1. The van der Waals surface area contributed by atoms with Crippen LogP contribution in [0.25, 0.3) is 0 Å². The lowest BCUT2D eigenvalue weighted by molar-refractivity contribution is -0.0512. The van der Waals surface area contributed by atoms with Gasteiger partial charge in [0.05, 0.1) is 7.11 Å². The van der Waals surface area contributed by atoms with Gasteiger partial charge in [-0.05, 0) is 37.5 Å². The Hall–Kier alpha value is -1.36. The summed E-state index contributed by atoms with van der Waals surface area (Å²) in [5, 5.41) is 2.98. The number of halogens is 3. The summed E-state index contributed by atoms with van der Waals surface area (Å²) in [7, 11) is 1.40. The molecule has 25 heavy (non-hydrogen) atoms. The fourth-order valence-electron chi connectivity index (χ4n) is 1.97. The number of hydrogen-bond acceptors (Lipinski definition) is 4. The highest BCUT2D eigenvalue weighted by atomic mass is 127. The van der Waals surface area contributed by atoms with Gasteiger partial charge in [-0.2, -0.15) is 8.78 Å². The number of benzene rings is 1. The second-order valence-electron chi connectivity index (χ2n) is 4.86. The van der Waals surface area contributed by atoms with E-state index in [0.29, 0.717) is 38.7 Å². The van der Waals surface area contributed by atoms with Crippen molar-refractivity contribution < 1.29 is 23.0 Å². The van der Waals surface area contributed by atoms with Gasteiger partial charge in [0.15, 0.2) is 17.5 Å². The summed E-state index contributed by atoms with van der Waals surface area (Å²) < 4.78 is 39.4. The van der Waals surface area contributed by atoms with Crippen molar-refractivity contribution in [3.05, 3.63) is 23.8 Å². The normalized spacial score (nSPS) is 11.2. The van der Waals surface area contributed by atoms with E-state index in [1.54, 1.807) is 12.1 Å². The second kappa shape index (κ2) is 13.9. The molecule has 0 aliphatic rings. The van der Waals surface area contributed by atoms with Crippen LogP contribution in [0.15, 0.2) is 23.2 Å². The van der Waals surface area contributed by atoms with Crippen LogP contribution in [0.3, 0.4) is 0 Å². The van der Waals surface area contributed by atoms with Crippen LogP contribution < -0.4 is 20.5 Å². The third kappa shape index (κ3) is 10.3. The third-order valence-corrected chi connectivity index (χ3v) is 3.10. The SMILES string of the molecule is CCOCCCN=C(N)NCCc1ccc(OC)c(OC(F)F)c1.I. The Bertz CT molecular complexity index is 519. The number of nitrogens with two attached hydrogens (primary N) is 1. The van der Waals surface area contributed by atoms with Crippen molar-refractivity contribution in [1.82, 2.24) is 5.32 Å². The number of hydrogen-bond donors (Lipinski definition) is 2. The summed E-state index contributed by atoms with van der Waals surface area (Å²) in [6.45, 7) is 1.51. The first kappa shape index (κ1) is 23.6. The highest BCUT2D eigenvalue weighted by Crippen LogP contribution is 2.29. The Morgan fingerprint density at radius 3 is 2.72 bits per heavy atom. The van der Waals surface area contributed by atoms with Crippen molar-refractivity contribution in [2.24, 2.45) is 10.7 Å². The van der Waals surface area contributed by atoms with E-state index in [4.69, 9.17) is 15.2 Å². The molecule has 0 unspecified atom stereocenters. The molecule has 0 aromatic heterocycles. The first-order chi connectivity index (χ1) is 11.6. The smallest absolute Gasteiger partial charge is 0.387 e. The summed E-state index contributed by atoms with van der Waals surface area (Å²) in [5.41, 5.74) is 6.57. The zero-order chi connectivity index (χ0) is 17.8. The van der Waals surface area contributed by atoms with Crippen LogP contribution in [0, 0.1) is 0 Å². The van der Waals surface area contributed by atoms with Gasteiger partial charge in [0.2, 0.25) is 0 Å². The van der Waals surface area contributed by atoms with E-state index in [1.807, 2.05) is 6.92 Å². The van der Waals surface area contributed by atoms with Gasteiger partial charge in [0, 0.05) is 26.3 Å². The van der Waals surface area contributed by atoms with E-state index in [2.05, 4.69) is 15.0 Å². The van der Waals surface area contributed by atoms with Gasteiger partial charge in [0.1, 0.15) is 0 Å². The Morgan fingerprint density at radius 2 is 2.08 bits per heavy atom. The maximum absolute atomic E-state index is 12.4. The molecule has 1 aromatic carbocycles. The van der Waals surface area contributed by atoms with Crippen LogP contribution >= 0.6 is 24.0 Å². The standard InChI is InChI=1S/C16H25F2N3O3.HI/c1-3-23-10-4-8-20-16(19)21-9-7-12-5-6-13(22-2)14(11-12)24-15(17)18;/h5-6,11,15H,3-4,7-10H2,1-2H3,(H3,19,20,21);1H. The molecule has 0 radical (unpaired) electrons. The molecule has 1 rings (SSSR count). The predicted octanol–water partition coefficient (Wildman–Crippen LogP) is 2.79. The first-order valence-corrected chi connectivity index (χ1v) is 7.80. The lowest BCUT2D eigenvalue weighted by Gasteiger charge is -2.12. The maximum Gasteiger partial charge on any atom is 0.387 e. The lowest BCUT2D eigenvalue weighted by atomic mass is 10.1. The van der Waals surface area contributed by atoms with Crippen LogP contribution in [0.1, 0.15) is 18.9 Å². The number of nitrogens with one attached hydrogen (secondary N) is 1. The molecule has 0 spiro atoms. The number of rotatable bonds is 11. The fraction of sp³-hybridized carbons (Fsp3) is 0.562. The molecule has 0 aliphatic heterocycles. The molecular weight excluding hydrogens is 447 g/mol. The molecule has 0 aliphatic carbocycles. The van der Waals surface area contributed by atoms with Crippen LogP contribution in [-0.2, 0) is 11.2 Å². The molecule has 0 bridgehead atoms. The molecule has 0 amide bonds. The monoisotopic (exact) mass is 473 g/mol. The van der Waals surface area contributed by atoms with Crippen LogP contribution in [0.4, 0.5) is 8.78 Å². The summed E-state index contributed by atoms with van der Waals surface area (Å²) in [6.07, 6.45) is 1.39. The van der Waals surface area contributed by atoms with Crippen molar-refractivity contribution in [1.29, 1.82) is 0 Å². The van der Waals surface area contributed by atoms with Crippen LogP contribution in [0.2, 0.25) is 0 Å². The first-order valence-electron chi connectivity index (χ1n) is 7.80. The van der Waals surface area contributed by atoms with Crippen LogP contribution in [0.5, 0.6) is 11.5 Å². The average molecular weight is 473 g/mol. The Kier molecular flexibility index (Phi) is 13.1. The maximum atomic E-state index is 12.4. The van der Waals surface area contributed by atoms with E-state index < -0.39 is 6.61 Å². The number of nitrogens with zero attached hydrogens (tertiary/aromatic N) is 1.